The van der Waals surface area contributed by atoms with Gasteiger partial charge in [-0.05, 0) is 33.3 Å². The Hall–Kier alpha value is -2.68. The van der Waals surface area contributed by atoms with Crippen LogP contribution in [0.2, 0.25) is 0 Å². The molecule has 0 saturated heterocycles. The zero-order valence-corrected chi connectivity index (χ0v) is 17.5. The van der Waals surface area contributed by atoms with Crippen molar-refractivity contribution in [2.24, 2.45) is 0 Å². The van der Waals surface area contributed by atoms with Gasteiger partial charge in [-0.3, -0.25) is 9.55 Å². The van der Waals surface area contributed by atoms with Crippen molar-refractivity contribution >= 4 is 23.5 Å². The summed E-state index contributed by atoms with van der Waals surface area (Å²) in [6, 6.07) is 2.33. The first-order valence-corrected chi connectivity index (χ1v) is 10.6. The minimum atomic E-state index is 0.123. The van der Waals surface area contributed by atoms with Crippen LogP contribution >= 0.6 is 11.9 Å². The highest BCUT2D eigenvalue weighted by molar-refractivity contribution is 7.99. The summed E-state index contributed by atoms with van der Waals surface area (Å²) in [5.41, 5.74) is 2.75. The Labute approximate surface area is 169 Å². The summed E-state index contributed by atoms with van der Waals surface area (Å²) in [4.78, 5) is 16.2. The molecule has 1 aliphatic heterocycles. The summed E-state index contributed by atoms with van der Waals surface area (Å²) in [5, 5.41) is 8.77. The highest BCUT2D eigenvalue weighted by Crippen LogP contribution is 2.41. The summed E-state index contributed by atoms with van der Waals surface area (Å²) in [7, 11) is 0. The maximum absolute atomic E-state index is 5.01. The molecule has 3 aromatic heterocycles. The van der Waals surface area contributed by atoms with E-state index in [4.69, 9.17) is 4.98 Å². The van der Waals surface area contributed by atoms with Crippen LogP contribution in [-0.4, -0.2) is 42.0 Å². The molecule has 1 aliphatic rings. The molecular formula is C19H24N8S. The van der Waals surface area contributed by atoms with Gasteiger partial charge in [-0.15, -0.1) is 10.2 Å². The smallest absolute Gasteiger partial charge is 0.163 e. The van der Waals surface area contributed by atoms with E-state index in [0.29, 0.717) is 5.82 Å². The van der Waals surface area contributed by atoms with Crippen LogP contribution in [0.15, 0.2) is 24.7 Å². The number of aryl methyl sites for hydroxylation is 1. The van der Waals surface area contributed by atoms with E-state index in [1.165, 1.54) is 11.9 Å². The number of hydrogen-bond donors (Lipinski definition) is 1. The van der Waals surface area contributed by atoms with E-state index in [2.05, 4.69) is 55.1 Å². The lowest BCUT2D eigenvalue weighted by Gasteiger charge is -2.39. The molecule has 0 radical (unpaired) electrons. The summed E-state index contributed by atoms with van der Waals surface area (Å²) in [6.07, 6.45) is 8.34. The van der Waals surface area contributed by atoms with Crippen molar-refractivity contribution in [3.05, 3.63) is 36.3 Å². The lowest BCUT2D eigenvalue weighted by Crippen LogP contribution is -2.40. The minimum absolute atomic E-state index is 0.123. The van der Waals surface area contributed by atoms with Crippen molar-refractivity contribution in [2.45, 2.75) is 46.2 Å². The molecule has 4 heterocycles. The van der Waals surface area contributed by atoms with Crippen LogP contribution in [0.4, 0.5) is 11.5 Å². The Morgan fingerprint density at radius 1 is 1.25 bits per heavy atom. The second-order valence-corrected chi connectivity index (χ2v) is 7.61. The third-order valence-electron chi connectivity index (χ3n) is 4.94. The van der Waals surface area contributed by atoms with E-state index in [0.717, 1.165) is 40.8 Å². The van der Waals surface area contributed by atoms with Crippen LogP contribution in [0.25, 0.3) is 17.1 Å². The summed E-state index contributed by atoms with van der Waals surface area (Å²) in [6.45, 7) is 8.50. The lowest BCUT2D eigenvalue weighted by molar-refractivity contribution is 0.496. The Morgan fingerprint density at radius 2 is 2.07 bits per heavy atom. The molecule has 8 nitrogen and oxygen atoms in total. The van der Waals surface area contributed by atoms with Gasteiger partial charge in [-0.1, -0.05) is 18.9 Å². The van der Waals surface area contributed by atoms with Gasteiger partial charge in [-0.25, -0.2) is 9.97 Å². The summed E-state index contributed by atoms with van der Waals surface area (Å²) in [5.74, 6) is 3.39. The second-order valence-electron chi connectivity index (χ2n) is 7.00. The van der Waals surface area contributed by atoms with Gasteiger partial charge < -0.3 is 9.62 Å². The maximum atomic E-state index is 5.01. The molecule has 0 saturated carbocycles. The molecule has 4 rings (SSSR count). The fourth-order valence-electron chi connectivity index (χ4n) is 3.77. The molecule has 0 aromatic carbocycles. The quantitative estimate of drug-likeness (QED) is 0.652. The van der Waals surface area contributed by atoms with Gasteiger partial charge in [0.05, 0.1) is 24.1 Å². The van der Waals surface area contributed by atoms with Gasteiger partial charge >= 0.3 is 0 Å². The van der Waals surface area contributed by atoms with E-state index < -0.39 is 0 Å². The predicted molar refractivity (Wildman–Crippen MR) is 113 cm³/mol. The van der Waals surface area contributed by atoms with Gasteiger partial charge in [0.15, 0.2) is 17.5 Å². The van der Waals surface area contributed by atoms with E-state index in [1.54, 1.807) is 12.4 Å². The number of hydrogen-bond acceptors (Lipinski definition) is 8. The largest absolute Gasteiger partial charge is 0.342 e. The van der Waals surface area contributed by atoms with E-state index in [1.807, 2.05) is 25.4 Å². The van der Waals surface area contributed by atoms with Gasteiger partial charge in [-0.2, -0.15) is 0 Å². The molecule has 1 N–H and O–H groups in total. The Kier molecular flexibility index (Phi) is 4.92. The van der Waals surface area contributed by atoms with Crippen molar-refractivity contribution in [1.82, 2.24) is 29.7 Å². The number of anilines is 2. The van der Waals surface area contributed by atoms with Crippen molar-refractivity contribution in [1.29, 1.82) is 0 Å². The van der Waals surface area contributed by atoms with Crippen LogP contribution in [0.3, 0.4) is 0 Å². The lowest BCUT2D eigenvalue weighted by atomic mass is 10.1. The van der Waals surface area contributed by atoms with Crippen LogP contribution < -0.4 is 9.62 Å². The molecule has 0 unspecified atom stereocenters. The molecule has 0 bridgehead atoms. The molecule has 28 heavy (non-hydrogen) atoms. The standard InChI is InChI=1S/C19H24N8S/c1-6-15-19-24-23-12(4)27(19)16-10-21-17(22-18(16)26(15)11(2)3)13-7-8-20-9-14(13)25-28-5/h7-11,15,25H,6H2,1-5H3/t15-/m1/s1. The van der Waals surface area contributed by atoms with E-state index in [-0.39, 0.29) is 12.1 Å². The molecule has 146 valence electrons. The molecule has 9 heteroatoms. The van der Waals surface area contributed by atoms with Gasteiger partial charge in [0.1, 0.15) is 11.5 Å². The minimum Gasteiger partial charge on any atom is -0.342 e. The van der Waals surface area contributed by atoms with Crippen LogP contribution in [0.1, 0.15) is 44.9 Å². The number of nitrogens with one attached hydrogen (secondary N) is 1. The first kappa shape index (κ1) is 18.7. The first-order chi connectivity index (χ1) is 13.6. The molecule has 0 fully saturated rings. The SMILES string of the molecule is CC[C@@H]1c2nnc(C)n2-c2cnc(-c3ccncc3NSC)nc2N1C(C)C. The molecule has 0 spiro atoms. The normalized spacial score (nSPS) is 15.5. The van der Waals surface area contributed by atoms with Gasteiger partial charge in [0, 0.05) is 24.1 Å². The predicted octanol–water partition coefficient (Wildman–Crippen LogP) is 3.80. The average molecular weight is 397 g/mol. The second kappa shape index (κ2) is 7.38. The number of fused-ring (bicyclic) bond motifs is 3. The van der Waals surface area contributed by atoms with E-state index in [9.17, 15) is 0 Å². The zero-order valence-electron chi connectivity index (χ0n) is 16.7. The summed E-state index contributed by atoms with van der Waals surface area (Å²) < 4.78 is 5.35. The Bertz CT molecular complexity index is 999. The van der Waals surface area contributed by atoms with E-state index >= 15 is 0 Å². The topological polar surface area (TPSA) is 84.6 Å². The number of aromatic nitrogens is 6. The van der Waals surface area contributed by atoms with Gasteiger partial charge in [0.2, 0.25) is 0 Å². The highest BCUT2D eigenvalue weighted by Gasteiger charge is 2.36. The third kappa shape index (κ3) is 2.90. The van der Waals surface area contributed by atoms with Crippen molar-refractivity contribution in [2.75, 3.05) is 15.9 Å². The number of nitrogens with zero attached hydrogens (tertiary/aromatic N) is 7. The number of rotatable bonds is 5. The van der Waals surface area contributed by atoms with Crippen molar-refractivity contribution in [3.63, 3.8) is 0 Å². The maximum Gasteiger partial charge on any atom is 0.163 e. The van der Waals surface area contributed by atoms with Gasteiger partial charge in [0.25, 0.3) is 0 Å². The van der Waals surface area contributed by atoms with Crippen molar-refractivity contribution < 1.29 is 0 Å². The van der Waals surface area contributed by atoms with Crippen LogP contribution in [0, 0.1) is 6.92 Å². The highest BCUT2D eigenvalue weighted by atomic mass is 32.2. The average Bonchev–Trinajstić information content (AvgIpc) is 3.08. The molecule has 0 amide bonds. The fourth-order valence-corrected chi connectivity index (χ4v) is 4.16. The molecule has 0 aliphatic carbocycles. The third-order valence-corrected chi connectivity index (χ3v) is 5.36. The molecule has 1 atom stereocenters. The van der Waals surface area contributed by atoms with Crippen LogP contribution in [0.5, 0.6) is 0 Å². The molecule has 3 aromatic rings. The zero-order chi connectivity index (χ0) is 19.8. The van der Waals surface area contributed by atoms with Crippen LogP contribution in [-0.2, 0) is 0 Å². The van der Waals surface area contributed by atoms with Crippen molar-refractivity contribution in [3.8, 4) is 17.1 Å². The molecular weight excluding hydrogens is 372 g/mol. The number of pyridine rings is 1. The Balaban J connectivity index is 1.93. The monoisotopic (exact) mass is 396 g/mol. The Morgan fingerprint density at radius 3 is 2.79 bits per heavy atom. The fraction of sp³-hybridized carbons (Fsp3) is 0.421. The first-order valence-electron chi connectivity index (χ1n) is 9.37. The summed E-state index contributed by atoms with van der Waals surface area (Å²) >= 11 is 1.52.